The summed E-state index contributed by atoms with van der Waals surface area (Å²) in [6.45, 7) is -0.345. The normalized spacial score (nSPS) is 55.4. The van der Waals surface area contributed by atoms with Crippen molar-refractivity contribution in [1.82, 2.24) is 5.32 Å². The van der Waals surface area contributed by atoms with Crippen LogP contribution in [0.2, 0.25) is 0 Å². The van der Waals surface area contributed by atoms with Crippen molar-refractivity contribution in [2.45, 2.75) is 42.8 Å². The van der Waals surface area contributed by atoms with Crippen LogP contribution < -0.4 is 5.32 Å². The number of aliphatic hydroxyl groups excluding tert-OH is 3. The highest BCUT2D eigenvalue weighted by molar-refractivity contribution is 5.13. The van der Waals surface area contributed by atoms with Gasteiger partial charge in [-0.1, -0.05) is 0 Å². The minimum absolute atomic E-state index is 0.0677. The van der Waals surface area contributed by atoms with Crippen LogP contribution in [0.3, 0.4) is 0 Å². The Morgan fingerprint density at radius 1 is 1.46 bits per heavy atom. The van der Waals surface area contributed by atoms with Gasteiger partial charge in [0.2, 0.25) is 0 Å². The first-order valence-corrected chi connectivity index (χ1v) is 4.48. The van der Waals surface area contributed by atoms with Gasteiger partial charge in [0.15, 0.2) is 0 Å². The first-order valence-electron chi connectivity index (χ1n) is 4.48. The second-order valence-corrected chi connectivity index (χ2v) is 4.04. The maximum atomic E-state index is 13.1. The van der Waals surface area contributed by atoms with Crippen molar-refractivity contribution >= 4 is 0 Å². The highest BCUT2D eigenvalue weighted by Crippen LogP contribution is 2.37. The maximum absolute atomic E-state index is 13.1. The lowest BCUT2D eigenvalue weighted by Crippen LogP contribution is -2.57. The van der Waals surface area contributed by atoms with E-state index in [0.717, 1.165) is 0 Å². The molecule has 5 heteroatoms. The molecule has 0 radical (unpaired) electrons. The lowest BCUT2D eigenvalue weighted by Gasteiger charge is -2.35. The number of aliphatic hydroxyl groups is 3. The predicted octanol–water partition coefficient (Wildman–Crippen LogP) is -1.46. The minimum atomic E-state index is -1.07. The van der Waals surface area contributed by atoms with Gasteiger partial charge in [0.25, 0.3) is 0 Å². The predicted molar refractivity (Wildman–Crippen MR) is 42.9 cm³/mol. The molecule has 2 rings (SSSR count). The number of rotatable bonds is 1. The van der Waals surface area contributed by atoms with E-state index in [-0.39, 0.29) is 19.4 Å². The summed E-state index contributed by atoms with van der Waals surface area (Å²) < 4.78 is 13.1. The molecule has 76 valence electrons. The van der Waals surface area contributed by atoms with Crippen LogP contribution in [-0.4, -0.2) is 51.9 Å². The number of fused-ring (bicyclic) bond motifs is 2. The van der Waals surface area contributed by atoms with Gasteiger partial charge in [-0.05, 0) is 6.42 Å². The first-order chi connectivity index (χ1) is 6.09. The van der Waals surface area contributed by atoms with Crippen molar-refractivity contribution in [2.75, 3.05) is 6.61 Å². The zero-order chi connectivity index (χ0) is 9.64. The quantitative estimate of drug-likeness (QED) is 0.409. The van der Waals surface area contributed by atoms with E-state index in [9.17, 15) is 14.6 Å². The molecule has 0 aromatic rings. The van der Waals surface area contributed by atoms with Gasteiger partial charge in [-0.15, -0.1) is 0 Å². The van der Waals surface area contributed by atoms with Crippen LogP contribution in [0, 0.1) is 0 Å². The summed E-state index contributed by atoms with van der Waals surface area (Å²) in [7, 11) is 0. The van der Waals surface area contributed by atoms with Crippen LogP contribution in [0.5, 0.6) is 0 Å². The summed E-state index contributed by atoms with van der Waals surface area (Å²) in [6, 6.07) is -0.425. The van der Waals surface area contributed by atoms with E-state index in [1.165, 1.54) is 0 Å². The monoisotopic (exact) mass is 191 g/mol. The average molecular weight is 191 g/mol. The smallest absolute Gasteiger partial charge is 0.104 e. The highest BCUT2D eigenvalue weighted by atomic mass is 19.1. The van der Waals surface area contributed by atoms with Crippen LogP contribution in [0.4, 0.5) is 4.39 Å². The van der Waals surface area contributed by atoms with E-state index in [0.29, 0.717) is 0 Å². The Morgan fingerprint density at radius 3 is 2.77 bits per heavy atom. The molecule has 13 heavy (non-hydrogen) atoms. The zero-order valence-corrected chi connectivity index (χ0v) is 7.15. The average Bonchev–Trinajstić information content (AvgIpc) is 2.29. The zero-order valence-electron chi connectivity index (χ0n) is 7.15. The standard InChI is InChI=1S/C8H14FNO3/c9-4-1-5-6(12)7(13)8(2-4,3-11)10-5/h4-7,10-13H,1-3H2/t4-,5+,6+,7-,8+/m1/s1. The molecule has 0 saturated carbocycles. The second kappa shape index (κ2) is 2.88. The molecule has 2 heterocycles. The Labute approximate surface area is 75.4 Å². The SMILES string of the molecule is OC[C@]12C[C@H](F)C[C@H](N1)[C@H](O)[C@H]2O. The van der Waals surface area contributed by atoms with E-state index in [2.05, 4.69) is 5.32 Å². The molecule has 0 amide bonds. The molecule has 0 aromatic heterocycles. The number of alkyl halides is 1. The summed E-state index contributed by atoms with van der Waals surface area (Å²) >= 11 is 0. The van der Waals surface area contributed by atoms with Gasteiger partial charge in [0.1, 0.15) is 12.3 Å². The van der Waals surface area contributed by atoms with E-state index in [1.807, 2.05) is 0 Å². The number of nitrogens with one attached hydrogen (secondary N) is 1. The minimum Gasteiger partial charge on any atom is -0.394 e. The molecule has 4 nitrogen and oxygen atoms in total. The fourth-order valence-electron chi connectivity index (χ4n) is 2.42. The van der Waals surface area contributed by atoms with Crippen molar-refractivity contribution < 1.29 is 19.7 Å². The fourth-order valence-corrected chi connectivity index (χ4v) is 2.42. The fraction of sp³-hybridized carbons (Fsp3) is 1.00. The molecule has 0 aliphatic carbocycles. The van der Waals surface area contributed by atoms with Crippen LogP contribution in [-0.2, 0) is 0 Å². The van der Waals surface area contributed by atoms with Crippen molar-refractivity contribution in [3.8, 4) is 0 Å². The van der Waals surface area contributed by atoms with E-state index in [4.69, 9.17) is 5.11 Å². The van der Waals surface area contributed by atoms with E-state index >= 15 is 0 Å². The Kier molecular flexibility index (Phi) is 2.07. The maximum Gasteiger partial charge on any atom is 0.104 e. The summed E-state index contributed by atoms with van der Waals surface area (Å²) in [5, 5.41) is 31.1. The topological polar surface area (TPSA) is 72.7 Å². The summed E-state index contributed by atoms with van der Waals surface area (Å²) in [5.74, 6) is 0. The van der Waals surface area contributed by atoms with Gasteiger partial charge in [0, 0.05) is 12.5 Å². The number of hydrogen-bond donors (Lipinski definition) is 4. The lowest BCUT2D eigenvalue weighted by molar-refractivity contribution is -0.0149. The Hall–Kier alpha value is -0.230. The highest BCUT2D eigenvalue weighted by Gasteiger charge is 2.56. The van der Waals surface area contributed by atoms with Gasteiger partial charge in [0.05, 0.1) is 18.2 Å². The summed E-state index contributed by atoms with van der Waals surface area (Å²) in [5.41, 5.74) is -1.03. The largest absolute Gasteiger partial charge is 0.394 e. The van der Waals surface area contributed by atoms with Gasteiger partial charge in [-0.2, -0.15) is 0 Å². The molecule has 0 unspecified atom stereocenters. The molecule has 2 saturated heterocycles. The Bertz CT molecular complexity index is 212. The van der Waals surface area contributed by atoms with Gasteiger partial charge in [-0.25, -0.2) is 4.39 Å². The molecule has 2 aliphatic heterocycles. The van der Waals surface area contributed by atoms with Gasteiger partial charge in [-0.3, -0.25) is 0 Å². The number of halogens is 1. The van der Waals surface area contributed by atoms with Gasteiger partial charge >= 0.3 is 0 Å². The van der Waals surface area contributed by atoms with Crippen molar-refractivity contribution in [3.63, 3.8) is 0 Å². The molecular formula is C8H14FNO3. The van der Waals surface area contributed by atoms with Crippen LogP contribution in [0.15, 0.2) is 0 Å². The number of hydrogen-bond acceptors (Lipinski definition) is 4. The lowest BCUT2D eigenvalue weighted by atomic mass is 9.88. The van der Waals surface area contributed by atoms with Crippen molar-refractivity contribution in [1.29, 1.82) is 0 Å². The third kappa shape index (κ3) is 1.19. The second-order valence-electron chi connectivity index (χ2n) is 4.04. The van der Waals surface area contributed by atoms with Crippen molar-refractivity contribution in [3.05, 3.63) is 0 Å². The molecule has 4 N–H and O–H groups in total. The first kappa shape index (κ1) is 9.33. The van der Waals surface area contributed by atoms with E-state index < -0.39 is 30.0 Å². The van der Waals surface area contributed by atoms with E-state index in [1.54, 1.807) is 0 Å². The summed E-state index contributed by atoms with van der Waals surface area (Å²) in [6.07, 6.45) is -2.81. The molecule has 5 atom stereocenters. The molecule has 2 aliphatic rings. The Balaban J connectivity index is 2.26. The van der Waals surface area contributed by atoms with Gasteiger partial charge < -0.3 is 20.6 Å². The third-order valence-corrected chi connectivity index (χ3v) is 3.15. The van der Waals surface area contributed by atoms with Crippen LogP contribution in [0.25, 0.3) is 0 Å². The van der Waals surface area contributed by atoms with Crippen LogP contribution >= 0.6 is 0 Å². The number of piperidine rings is 1. The Morgan fingerprint density at radius 2 is 2.15 bits per heavy atom. The summed E-state index contributed by atoms with van der Waals surface area (Å²) in [4.78, 5) is 0. The molecular weight excluding hydrogens is 177 g/mol. The van der Waals surface area contributed by atoms with Crippen LogP contribution in [0.1, 0.15) is 12.8 Å². The molecule has 2 fully saturated rings. The molecule has 0 aromatic carbocycles. The third-order valence-electron chi connectivity index (χ3n) is 3.15. The van der Waals surface area contributed by atoms with Crippen molar-refractivity contribution in [2.24, 2.45) is 0 Å². The molecule has 0 spiro atoms. The molecule has 2 bridgehead atoms.